The Morgan fingerprint density at radius 2 is 1.93 bits per heavy atom. The quantitative estimate of drug-likeness (QED) is 0.690. The summed E-state index contributed by atoms with van der Waals surface area (Å²) >= 11 is 11.4. The molecule has 1 aromatic heterocycles. The van der Waals surface area contributed by atoms with Crippen LogP contribution in [0.1, 0.15) is 23.1 Å². The van der Waals surface area contributed by atoms with Gasteiger partial charge in [0.15, 0.2) is 11.5 Å². The first-order valence-electron chi connectivity index (χ1n) is 7.85. The second kappa shape index (κ2) is 7.80. The van der Waals surface area contributed by atoms with Gasteiger partial charge >= 0.3 is 12.2 Å². The van der Waals surface area contributed by atoms with Crippen molar-refractivity contribution in [3.8, 4) is 0 Å². The number of alkyl halides is 3. The van der Waals surface area contributed by atoms with E-state index in [4.69, 9.17) is 23.2 Å². The Balaban J connectivity index is 1.98. The van der Waals surface area contributed by atoms with Crippen molar-refractivity contribution in [1.29, 1.82) is 0 Å². The van der Waals surface area contributed by atoms with Gasteiger partial charge in [0.1, 0.15) is 12.1 Å². The second-order valence-corrected chi connectivity index (χ2v) is 6.67. The fourth-order valence-electron chi connectivity index (χ4n) is 2.53. The summed E-state index contributed by atoms with van der Waals surface area (Å²) in [6.07, 6.45) is -3.98. The van der Waals surface area contributed by atoms with Gasteiger partial charge in [-0.3, -0.25) is 4.79 Å². The maximum atomic E-state index is 13.2. The average molecular weight is 434 g/mol. The minimum absolute atomic E-state index is 0.0350. The minimum atomic E-state index is -4.80. The molecular weight excluding hydrogens is 422 g/mol. The van der Waals surface area contributed by atoms with Gasteiger partial charge in [-0.1, -0.05) is 35.3 Å². The summed E-state index contributed by atoms with van der Waals surface area (Å²) in [7, 11) is 0. The highest BCUT2D eigenvalue weighted by Crippen LogP contribution is 2.34. The van der Waals surface area contributed by atoms with Crippen LogP contribution in [0.3, 0.4) is 0 Å². The highest BCUT2D eigenvalue weighted by atomic mass is 35.5. The van der Waals surface area contributed by atoms with Crippen molar-refractivity contribution in [3.63, 3.8) is 0 Å². The zero-order valence-corrected chi connectivity index (χ0v) is 15.4. The van der Waals surface area contributed by atoms with Crippen LogP contribution in [0, 0.1) is 0 Å². The van der Waals surface area contributed by atoms with Crippen molar-refractivity contribution >= 4 is 35.1 Å². The molecule has 2 aromatic rings. The normalized spacial score (nSPS) is 17.6. The second-order valence-electron chi connectivity index (χ2n) is 5.82. The van der Waals surface area contributed by atoms with Gasteiger partial charge < -0.3 is 16.0 Å². The predicted molar refractivity (Wildman–Crippen MR) is 93.8 cm³/mol. The van der Waals surface area contributed by atoms with E-state index in [1.165, 1.54) is 24.3 Å². The molecule has 2 unspecified atom stereocenters. The Kier molecular flexibility index (Phi) is 5.61. The van der Waals surface area contributed by atoms with E-state index < -0.39 is 40.9 Å². The standard InChI is InChI=1S/C16H12Cl2F3N5O2/c17-8-3-1-7(2-4-8)11(25-14(27)10-6-23-15(28)24-10)13-22-5-9(18)12(26-13)16(19,20)21/h1-5,10-11H,6H2,(H,25,27)(H2,23,24,28). The van der Waals surface area contributed by atoms with Crippen molar-refractivity contribution < 1.29 is 22.8 Å². The summed E-state index contributed by atoms with van der Waals surface area (Å²) in [6, 6.07) is 3.52. The lowest BCUT2D eigenvalue weighted by Crippen LogP contribution is -2.44. The Bertz CT molecular complexity index is 908. The van der Waals surface area contributed by atoms with E-state index in [-0.39, 0.29) is 12.4 Å². The molecule has 3 N–H and O–H groups in total. The van der Waals surface area contributed by atoms with Crippen molar-refractivity contribution in [3.05, 3.63) is 57.6 Å². The Morgan fingerprint density at radius 3 is 2.50 bits per heavy atom. The first-order chi connectivity index (χ1) is 13.1. The molecule has 3 amide bonds. The number of nitrogens with one attached hydrogen (secondary N) is 3. The Labute approximate surface area is 166 Å². The van der Waals surface area contributed by atoms with E-state index >= 15 is 0 Å². The van der Waals surface area contributed by atoms with E-state index in [2.05, 4.69) is 25.9 Å². The molecule has 28 heavy (non-hydrogen) atoms. The molecule has 1 saturated heterocycles. The van der Waals surface area contributed by atoms with Crippen LogP contribution in [0.15, 0.2) is 30.5 Å². The fourth-order valence-corrected chi connectivity index (χ4v) is 2.85. The van der Waals surface area contributed by atoms with E-state index in [0.717, 1.165) is 6.20 Å². The van der Waals surface area contributed by atoms with Gasteiger partial charge in [0, 0.05) is 17.8 Å². The molecule has 148 valence electrons. The average Bonchev–Trinajstić information content (AvgIpc) is 3.07. The number of nitrogens with zero attached hydrogens (tertiary/aromatic N) is 2. The van der Waals surface area contributed by atoms with E-state index in [9.17, 15) is 22.8 Å². The van der Waals surface area contributed by atoms with Crippen molar-refractivity contribution in [2.24, 2.45) is 0 Å². The van der Waals surface area contributed by atoms with Gasteiger partial charge in [-0.15, -0.1) is 0 Å². The van der Waals surface area contributed by atoms with Crippen LogP contribution >= 0.6 is 23.2 Å². The molecule has 1 aliphatic heterocycles. The predicted octanol–water partition coefficient (Wildman–Crippen LogP) is 2.69. The number of carbonyl (C=O) groups is 2. The molecule has 0 aliphatic carbocycles. The number of hydrogen-bond acceptors (Lipinski definition) is 4. The number of aromatic nitrogens is 2. The van der Waals surface area contributed by atoms with Gasteiger partial charge in [0.2, 0.25) is 5.91 Å². The third kappa shape index (κ3) is 4.45. The lowest BCUT2D eigenvalue weighted by atomic mass is 10.1. The largest absolute Gasteiger partial charge is 0.434 e. The van der Waals surface area contributed by atoms with Crippen LogP contribution in [0.4, 0.5) is 18.0 Å². The zero-order chi connectivity index (χ0) is 20.5. The smallest absolute Gasteiger partial charge is 0.340 e. The number of hydrogen-bond donors (Lipinski definition) is 3. The molecule has 0 radical (unpaired) electrons. The van der Waals surface area contributed by atoms with Crippen LogP contribution in [0.5, 0.6) is 0 Å². The molecule has 7 nitrogen and oxygen atoms in total. The zero-order valence-electron chi connectivity index (χ0n) is 13.8. The van der Waals surface area contributed by atoms with Crippen molar-refractivity contribution in [2.75, 3.05) is 6.54 Å². The van der Waals surface area contributed by atoms with Crippen LogP contribution in [-0.2, 0) is 11.0 Å². The molecule has 0 spiro atoms. The summed E-state index contributed by atoms with van der Waals surface area (Å²) in [5.41, 5.74) is -0.923. The van der Waals surface area contributed by atoms with Gasteiger partial charge in [0.25, 0.3) is 0 Å². The molecule has 0 saturated carbocycles. The molecule has 1 fully saturated rings. The number of amides is 3. The van der Waals surface area contributed by atoms with E-state index in [1.54, 1.807) is 0 Å². The lowest BCUT2D eigenvalue weighted by Gasteiger charge is -2.21. The highest BCUT2D eigenvalue weighted by molar-refractivity contribution is 6.31. The maximum Gasteiger partial charge on any atom is 0.434 e. The molecule has 3 rings (SSSR count). The van der Waals surface area contributed by atoms with Crippen molar-refractivity contribution in [1.82, 2.24) is 25.9 Å². The molecule has 1 aliphatic rings. The summed E-state index contributed by atoms with van der Waals surface area (Å²) < 4.78 is 39.5. The van der Waals surface area contributed by atoms with Gasteiger partial charge in [-0.05, 0) is 17.7 Å². The summed E-state index contributed by atoms with van der Waals surface area (Å²) in [6.45, 7) is 0.0350. The summed E-state index contributed by atoms with van der Waals surface area (Å²) in [5, 5.41) is 7.10. The van der Waals surface area contributed by atoms with E-state index in [0.29, 0.717) is 10.6 Å². The molecule has 0 bridgehead atoms. The van der Waals surface area contributed by atoms with Crippen LogP contribution in [0.25, 0.3) is 0 Å². The fraction of sp³-hybridized carbons (Fsp3) is 0.250. The third-order valence-electron chi connectivity index (χ3n) is 3.87. The molecule has 2 atom stereocenters. The Morgan fingerprint density at radius 1 is 1.25 bits per heavy atom. The molecule has 12 heteroatoms. The SMILES string of the molecule is O=C1NCC(C(=O)NC(c2ccc(Cl)cc2)c2ncc(Cl)c(C(F)(F)F)n2)N1. The Hall–Kier alpha value is -2.59. The minimum Gasteiger partial charge on any atom is -0.340 e. The molecule has 1 aromatic carbocycles. The summed E-state index contributed by atoms with van der Waals surface area (Å²) in [5.74, 6) is -0.935. The summed E-state index contributed by atoms with van der Waals surface area (Å²) in [4.78, 5) is 31.1. The first-order valence-corrected chi connectivity index (χ1v) is 8.60. The van der Waals surface area contributed by atoms with Gasteiger partial charge in [0.05, 0.1) is 5.02 Å². The van der Waals surface area contributed by atoms with Crippen LogP contribution < -0.4 is 16.0 Å². The first kappa shape index (κ1) is 20.2. The number of carbonyl (C=O) groups excluding carboxylic acids is 2. The number of halogens is 5. The monoisotopic (exact) mass is 433 g/mol. The van der Waals surface area contributed by atoms with Crippen LogP contribution in [-0.4, -0.2) is 34.5 Å². The van der Waals surface area contributed by atoms with Crippen LogP contribution in [0.2, 0.25) is 10.0 Å². The van der Waals surface area contributed by atoms with Gasteiger partial charge in [-0.2, -0.15) is 13.2 Å². The number of benzene rings is 1. The third-order valence-corrected chi connectivity index (χ3v) is 4.40. The molecular formula is C16H12Cl2F3N5O2. The topological polar surface area (TPSA) is 96.0 Å². The lowest BCUT2D eigenvalue weighted by molar-refractivity contribution is -0.141. The van der Waals surface area contributed by atoms with Gasteiger partial charge in [-0.25, -0.2) is 14.8 Å². The van der Waals surface area contributed by atoms with Crippen molar-refractivity contribution in [2.45, 2.75) is 18.3 Å². The van der Waals surface area contributed by atoms with E-state index in [1.807, 2.05) is 0 Å². The number of rotatable bonds is 4. The molecule has 2 heterocycles. The maximum absolute atomic E-state index is 13.2. The number of urea groups is 1. The highest BCUT2D eigenvalue weighted by Gasteiger charge is 2.37.